The number of carbonyl (C=O) groups is 2. The van der Waals surface area contributed by atoms with Crippen LogP contribution in [0, 0.1) is 0 Å². The number of carbonyl (C=O) groups excluding carboxylic acids is 2. The molecule has 1 aromatic carbocycles. The molecule has 1 N–H and O–H groups in total. The van der Waals surface area contributed by atoms with Gasteiger partial charge in [-0.1, -0.05) is 0 Å². The average molecular weight is 435 g/mol. The second-order valence-electron chi connectivity index (χ2n) is 5.21. The molecular formula is C19H19BrN2O5. The van der Waals surface area contributed by atoms with Crippen molar-refractivity contribution < 1.29 is 23.8 Å². The second-order valence-corrected chi connectivity index (χ2v) is 6.07. The molecule has 0 atom stereocenters. The van der Waals surface area contributed by atoms with Crippen molar-refractivity contribution in [2.24, 2.45) is 0 Å². The minimum Gasteiger partial charge on any atom is -0.493 e. The number of amides is 1. The number of esters is 1. The van der Waals surface area contributed by atoms with Gasteiger partial charge in [0, 0.05) is 12.3 Å². The van der Waals surface area contributed by atoms with Crippen LogP contribution in [0.15, 0.2) is 41.0 Å². The molecule has 0 aliphatic carbocycles. The maximum Gasteiger partial charge on any atom is 0.338 e. The Hall–Kier alpha value is -2.87. The number of nitrogens with zero attached hydrogens (tertiary/aromatic N) is 1. The first-order chi connectivity index (χ1) is 13.0. The second kappa shape index (κ2) is 9.72. The third-order valence-corrected chi connectivity index (χ3v) is 3.99. The van der Waals surface area contributed by atoms with E-state index in [4.69, 9.17) is 14.2 Å². The molecule has 0 spiro atoms. The molecule has 27 heavy (non-hydrogen) atoms. The summed E-state index contributed by atoms with van der Waals surface area (Å²) in [6, 6.07) is 6.51. The van der Waals surface area contributed by atoms with Crippen LogP contribution in [-0.4, -0.2) is 37.7 Å². The van der Waals surface area contributed by atoms with E-state index in [1.54, 1.807) is 32.2 Å². The van der Waals surface area contributed by atoms with Gasteiger partial charge in [0.15, 0.2) is 11.5 Å². The van der Waals surface area contributed by atoms with Gasteiger partial charge in [-0.15, -0.1) is 0 Å². The van der Waals surface area contributed by atoms with Gasteiger partial charge in [-0.3, -0.25) is 4.79 Å². The summed E-state index contributed by atoms with van der Waals surface area (Å²) in [6.07, 6.45) is 4.40. The fourth-order valence-electron chi connectivity index (χ4n) is 2.21. The van der Waals surface area contributed by atoms with Crippen molar-refractivity contribution in [2.45, 2.75) is 6.92 Å². The van der Waals surface area contributed by atoms with E-state index in [2.05, 4.69) is 26.2 Å². The molecule has 142 valence electrons. The number of benzene rings is 1. The summed E-state index contributed by atoms with van der Waals surface area (Å²) in [4.78, 5) is 27.9. The number of methoxy groups -OCH3 is 2. The average Bonchev–Trinajstić information content (AvgIpc) is 2.66. The molecule has 8 heteroatoms. The smallest absolute Gasteiger partial charge is 0.338 e. The van der Waals surface area contributed by atoms with Crippen LogP contribution in [-0.2, 0) is 9.53 Å². The lowest BCUT2D eigenvalue weighted by molar-refractivity contribution is -0.111. The predicted molar refractivity (Wildman–Crippen MR) is 105 cm³/mol. The van der Waals surface area contributed by atoms with E-state index < -0.39 is 11.9 Å². The lowest BCUT2D eigenvalue weighted by Gasteiger charge is -2.10. The fourth-order valence-corrected chi connectivity index (χ4v) is 2.84. The molecule has 1 amide bonds. The third kappa shape index (κ3) is 5.55. The molecule has 0 aliphatic heterocycles. The zero-order valence-corrected chi connectivity index (χ0v) is 16.7. The van der Waals surface area contributed by atoms with E-state index in [0.29, 0.717) is 21.5 Å². The monoisotopic (exact) mass is 434 g/mol. The van der Waals surface area contributed by atoms with Gasteiger partial charge >= 0.3 is 5.97 Å². The van der Waals surface area contributed by atoms with E-state index in [1.165, 1.54) is 31.5 Å². The van der Waals surface area contributed by atoms with Crippen LogP contribution in [0.3, 0.4) is 0 Å². The maximum atomic E-state index is 12.1. The van der Waals surface area contributed by atoms with Gasteiger partial charge in [-0.2, -0.15) is 0 Å². The normalized spacial score (nSPS) is 10.5. The highest BCUT2D eigenvalue weighted by Gasteiger charge is 2.10. The first-order valence-corrected chi connectivity index (χ1v) is 8.81. The quantitative estimate of drug-likeness (QED) is 0.528. The number of pyridine rings is 1. The van der Waals surface area contributed by atoms with Gasteiger partial charge in [0.1, 0.15) is 5.82 Å². The highest BCUT2D eigenvalue weighted by molar-refractivity contribution is 9.10. The Balaban J connectivity index is 2.11. The highest BCUT2D eigenvalue weighted by Crippen LogP contribution is 2.36. The number of rotatable bonds is 7. The Labute approximate surface area is 165 Å². The third-order valence-electron chi connectivity index (χ3n) is 3.41. The molecule has 0 unspecified atom stereocenters. The number of halogens is 1. The van der Waals surface area contributed by atoms with Gasteiger partial charge in [-0.05, 0) is 58.8 Å². The molecule has 1 aromatic heterocycles. The molecule has 2 rings (SSSR count). The number of ether oxygens (including phenoxy) is 3. The summed E-state index contributed by atoms with van der Waals surface area (Å²) in [7, 11) is 3.08. The van der Waals surface area contributed by atoms with Crippen molar-refractivity contribution >= 4 is 39.7 Å². The van der Waals surface area contributed by atoms with Crippen LogP contribution in [0.25, 0.3) is 6.08 Å². The summed E-state index contributed by atoms with van der Waals surface area (Å²) in [5, 5.41) is 2.60. The summed E-state index contributed by atoms with van der Waals surface area (Å²) in [5.41, 5.74) is 1.05. The van der Waals surface area contributed by atoms with Crippen molar-refractivity contribution in [2.75, 3.05) is 26.1 Å². The summed E-state index contributed by atoms with van der Waals surface area (Å²) in [6.45, 7) is 1.99. The lowest BCUT2D eigenvalue weighted by Crippen LogP contribution is -2.11. The van der Waals surface area contributed by atoms with Crippen LogP contribution in [0.2, 0.25) is 0 Å². The minimum absolute atomic E-state index is 0.253. The molecule has 0 aliphatic rings. The standard InChI is InChI=1S/C19H19BrN2O5/c1-4-27-19(24)13-7-8-21-16(11-13)22-17(23)6-5-12-9-14(20)18(26-3)15(10-12)25-2/h5-11H,4H2,1-3H3,(H,21,22,23)/b6-5+. The van der Waals surface area contributed by atoms with Crippen molar-refractivity contribution in [1.29, 1.82) is 0 Å². The maximum absolute atomic E-state index is 12.1. The van der Waals surface area contributed by atoms with Crippen LogP contribution in [0.1, 0.15) is 22.8 Å². The van der Waals surface area contributed by atoms with Crippen LogP contribution in [0.5, 0.6) is 11.5 Å². The van der Waals surface area contributed by atoms with Gasteiger partial charge in [0.2, 0.25) is 5.91 Å². The SMILES string of the molecule is CCOC(=O)c1ccnc(NC(=O)/C=C/c2cc(Br)c(OC)c(OC)c2)c1. The lowest BCUT2D eigenvalue weighted by atomic mass is 10.2. The van der Waals surface area contributed by atoms with Crippen molar-refractivity contribution in [1.82, 2.24) is 4.98 Å². The Bertz CT molecular complexity index is 867. The number of aromatic nitrogens is 1. The van der Waals surface area contributed by atoms with E-state index in [0.717, 1.165) is 5.56 Å². The van der Waals surface area contributed by atoms with E-state index >= 15 is 0 Å². The van der Waals surface area contributed by atoms with Crippen LogP contribution < -0.4 is 14.8 Å². The number of hydrogen-bond acceptors (Lipinski definition) is 6. The molecule has 7 nitrogen and oxygen atoms in total. The van der Waals surface area contributed by atoms with E-state index in [-0.39, 0.29) is 12.4 Å². The number of nitrogens with one attached hydrogen (secondary N) is 1. The summed E-state index contributed by atoms with van der Waals surface area (Å²) in [5.74, 6) is 0.494. The summed E-state index contributed by atoms with van der Waals surface area (Å²) >= 11 is 3.40. The Morgan fingerprint density at radius 2 is 2.00 bits per heavy atom. The molecule has 0 saturated carbocycles. The Kier molecular flexibility index (Phi) is 7.36. The number of hydrogen-bond donors (Lipinski definition) is 1. The van der Waals surface area contributed by atoms with Crippen molar-refractivity contribution in [3.63, 3.8) is 0 Å². The molecule has 1 heterocycles. The van der Waals surface area contributed by atoms with Crippen LogP contribution >= 0.6 is 15.9 Å². The fraction of sp³-hybridized carbons (Fsp3) is 0.211. The highest BCUT2D eigenvalue weighted by atomic mass is 79.9. The van der Waals surface area contributed by atoms with E-state index in [1.807, 2.05) is 0 Å². The topological polar surface area (TPSA) is 86.8 Å². The number of anilines is 1. The van der Waals surface area contributed by atoms with Crippen molar-refractivity contribution in [3.8, 4) is 11.5 Å². The molecule has 2 aromatic rings. The first-order valence-electron chi connectivity index (χ1n) is 8.02. The van der Waals surface area contributed by atoms with Gasteiger partial charge < -0.3 is 19.5 Å². The Morgan fingerprint density at radius 3 is 2.67 bits per heavy atom. The molecule has 0 radical (unpaired) electrons. The summed E-state index contributed by atoms with van der Waals surface area (Å²) < 4.78 is 16.2. The zero-order chi connectivity index (χ0) is 19.8. The van der Waals surface area contributed by atoms with Gasteiger partial charge in [0.05, 0.1) is 30.9 Å². The first kappa shape index (κ1) is 20.4. The van der Waals surface area contributed by atoms with Gasteiger partial charge in [-0.25, -0.2) is 9.78 Å². The molecule has 0 bridgehead atoms. The molecule has 0 fully saturated rings. The molecular weight excluding hydrogens is 416 g/mol. The predicted octanol–water partition coefficient (Wildman–Crippen LogP) is 3.69. The van der Waals surface area contributed by atoms with Crippen LogP contribution in [0.4, 0.5) is 5.82 Å². The molecule has 0 saturated heterocycles. The van der Waals surface area contributed by atoms with Crippen molar-refractivity contribution in [3.05, 3.63) is 52.1 Å². The zero-order valence-electron chi connectivity index (χ0n) is 15.1. The largest absolute Gasteiger partial charge is 0.493 e. The van der Waals surface area contributed by atoms with E-state index in [9.17, 15) is 9.59 Å². The Morgan fingerprint density at radius 1 is 1.22 bits per heavy atom. The minimum atomic E-state index is -0.471. The van der Waals surface area contributed by atoms with Gasteiger partial charge in [0.25, 0.3) is 0 Å².